The van der Waals surface area contributed by atoms with Crippen LogP contribution in [0.15, 0.2) is 62.5 Å². The number of hydrogen-bond donors (Lipinski definition) is 0. The first-order valence-electron chi connectivity index (χ1n) is 9.88. The Hall–Kier alpha value is -1.72. The van der Waals surface area contributed by atoms with E-state index in [0.29, 0.717) is 24.3 Å². The molecule has 0 bridgehead atoms. The molecule has 0 N–H and O–H groups in total. The van der Waals surface area contributed by atoms with E-state index in [1.165, 1.54) is 27.0 Å². The van der Waals surface area contributed by atoms with Crippen molar-refractivity contribution in [3.63, 3.8) is 0 Å². The fraction of sp³-hybridized carbons (Fsp3) is 0.333. The number of piperidine rings is 1. The molecule has 1 fully saturated rings. The maximum absolute atomic E-state index is 13.2. The number of hydrogen-bond acceptors (Lipinski definition) is 6. The first-order chi connectivity index (χ1) is 15.0. The maximum Gasteiger partial charge on any atom is 0.266 e. The molecule has 1 amide bonds. The molecule has 3 aromatic rings. The van der Waals surface area contributed by atoms with Gasteiger partial charge in [0.2, 0.25) is 0 Å². The molecule has 4 rings (SSSR count). The lowest BCUT2D eigenvalue weighted by Crippen LogP contribution is -2.47. The third-order valence-electron chi connectivity index (χ3n) is 5.20. The van der Waals surface area contributed by atoms with Crippen LogP contribution in [0.5, 0.6) is 0 Å². The number of amides is 1. The number of thiazole rings is 1. The van der Waals surface area contributed by atoms with E-state index in [9.17, 15) is 13.2 Å². The van der Waals surface area contributed by atoms with Crippen LogP contribution >= 0.6 is 34.4 Å². The first-order valence-corrected chi connectivity index (χ1v) is 14.2. The quantitative estimate of drug-likeness (QED) is 0.378. The standard InChI is InChI=1S/C21H23N3O3S4/c1-3-11-23-16-10-9-15(28-2)14-18(16)30-21(23)22-20(25)17-7-4-5-12-24(17)31(26,27)19-8-6-13-29-19/h3,6,8-10,13-14,17H,1,4-5,7,11-12H2,2H3. The highest BCUT2D eigenvalue weighted by molar-refractivity contribution is 7.98. The molecule has 0 saturated carbocycles. The van der Waals surface area contributed by atoms with Gasteiger partial charge in [0, 0.05) is 18.0 Å². The molecule has 2 aromatic heterocycles. The Balaban J connectivity index is 1.75. The molecular weight excluding hydrogens is 471 g/mol. The molecule has 0 spiro atoms. The molecule has 31 heavy (non-hydrogen) atoms. The van der Waals surface area contributed by atoms with Crippen LogP contribution in [0, 0.1) is 0 Å². The zero-order chi connectivity index (χ0) is 22.0. The van der Waals surface area contributed by atoms with Crippen molar-refractivity contribution in [3.05, 3.63) is 53.2 Å². The van der Waals surface area contributed by atoms with Gasteiger partial charge in [0.15, 0.2) is 4.80 Å². The molecular formula is C21H23N3O3S4. The Kier molecular flexibility index (Phi) is 6.83. The number of sulfonamides is 1. The van der Waals surface area contributed by atoms with Crippen LogP contribution in [-0.4, -0.2) is 42.0 Å². The Bertz CT molecular complexity index is 1270. The van der Waals surface area contributed by atoms with Crippen LogP contribution in [0.2, 0.25) is 0 Å². The molecule has 0 aliphatic carbocycles. The molecule has 1 unspecified atom stereocenters. The number of aromatic nitrogens is 1. The van der Waals surface area contributed by atoms with E-state index in [4.69, 9.17) is 0 Å². The highest BCUT2D eigenvalue weighted by Gasteiger charge is 2.38. The van der Waals surface area contributed by atoms with Gasteiger partial charge >= 0.3 is 0 Å². The minimum absolute atomic E-state index is 0.264. The predicted molar refractivity (Wildman–Crippen MR) is 128 cm³/mol. The molecule has 1 aliphatic heterocycles. The second kappa shape index (κ2) is 9.41. The number of benzene rings is 1. The fourth-order valence-electron chi connectivity index (χ4n) is 3.71. The molecule has 164 valence electrons. The van der Waals surface area contributed by atoms with Crippen molar-refractivity contribution in [1.29, 1.82) is 0 Å². The van der Waals surface area contributed by atoms with E-state index in [1.807, 2.05) is 23.0 Å². The van der Waals surface area contributed by atoms with Crippen LogP contribution in [-0.2, 0) is 21.4 Å². The van der Waals surface area contributed by atoms with E-state index >= 15 is 0 Å². The molecule has 6 nitrogen and oxygen atoms in total. The Morgan fingerprint density at radius 3 is 2.90 bits per heavy atom. The van der Waals surface area contributed by atoms with Gasteiger partial charge in [-0.05, 0) is 48.7 Å². The summed E-state index contributed by atoms with van der Waals surface area (Å²) in [6.07, 6.45) is 5.82. The molecule has 1 atom stereocenters. The van der Waals surface area contributed by atoms with Crippen molar-refractivity contribution in [3.8, 4) is 0 Å². The summed E-state index contributed by atoms with van der Waals surface area (Å²) < 4.78 is 30.8. The Labute approximate surface area is 194 Å². The lowest BCUT2D eigenvalue weighted by atomic mass is 10.0. The normalized spacial score (nSPS) is 18.5. The summed E-state index contributed by atoms with van der Waals surface area (Å²) in [4.78, 5) is 19.4. The SMILES string of the molecule is C=CCn1c(=NC(=O)C2CCCCN2S(=O)(=O)c2cccs2)sc2cc(SC)ccc21. The van der Waals surface area contributed by atoms with Gasteiger partial charge in [-0.1, -0.05) is 29.9 Å². The minimum Gasteiger partial charge on any atom is -0.313 e. The summed E-state index contributed by atoms with van der Waals surface area (Å²) >= 11 is 4.27. The van der Waals surface area contributed by atoms with E-state index in [2.05, 4.69) is 17.6 Å². The van der Waals surface area contributed by atoms with Gasteiger partial charge in [0.1, 0.15) is 10.3 Å². The number of carbonyl (C=O) groups excluding carboxylic acids is 1. The van der Waals surface area contributed by atoms with Crippen LogP contribution < -0.4 is 4.80 Å². The van der Waals surface area contributed by atoms with E-state index < -0.39 is 22.0 Å². The van der Waals surface area contributed by atoms with Crippen molar-refractivity contribution in [2.75, 3.05) is 12.8 Å². The summed E-state index contributed by atoms with van der Waals surface area (Å²) in [7, 11) is -3.71. The third kappa shape index (κ3) is 4.45. The molecule has 1 saturated heterocycles. The van der Waals surface area contributed by atoms with Crippen molar-refractivity contribution in [1.82, 2.24) is 8.87 Å². The highest BCUT2D eigenvalue weighted by atomic mass is 32.2. The van der Waals surface area contributed by atoms with Crippen LogP contribution in [0.4, 0.5) is 0 Å². The summed E-state index contributed by atoms with van der Waals surface area (Å²) in [5.74, 6) is -0.408. The van der Waals surface area contributed by atoms with E-state index in [1.54, 1.807) is 35.4 Å². The van der Waals surface area contributed by atoms with Crippen LogP contribution in [0.3, 0.4) is 0 Å². The minimum atomic E-state index is -3.71. The van der Waals surface area contributed by atoms with Gasteiger partial charge in [-0.25, -0.2) is 8.42 Å². The average Bonchev–Trinajstić information content (AvgIpc) is 3.43. The average molecular weight is 494 g/mol. The molecule has 0 radical (unpaired) electrons. The zero-order valence-corrected chi connectivity index (χ0v) is 20.3. The van der Waals surface area contributed by atoms with Gasteiger partial charge in [0.05, 0.1) is 10.2 Å². The van der Waals surface area contributed by atoms with Gasteiger partial charge in [-0.3, -0.25) is 4.79 Å². The smallest absolute Gasteiger partial charge is 0.266 e. The third-order valence-corrected chi connectivity index (χ3v) is 10.3. The van der Waals surface area contributed by atoms with Crippen molar-refractivity contribution < 1.29 is 13.2 Å². The second-order valence-electron chi connectivity index (χ2n) is 7.13. The maximum atomic E-state index is 13.2. The molecule has 3 heterocycles. The summed E-state index contributed by atoms with van der Waals surface area (Å²) in [6, 6.07) is 8.67. The zero-order valence-electron chi connectivity index (χ0n) is 17.1. The van der Waals surface area contributed by atoms with Crippen LogP contribution in [0.1, 0.15) is 19.3 Å². The number of carbonyl (C=O) groups is 1. The highest BCUT2D eigenvalue weighted by Crippen LogP contribution is 2.29. The molecule has 10 heteroatoms. The molecule has 1 aliphatic rings. The van der Waals surface area contributed by atoms with E-state index in [0.717, 1.165) is 28.0 Å². The number of thiophene rings is 1. The topological polar surface area (TPSA) is 71.7 Å². The van der Waals surface area contributed by atoms with Crippen molar-refractivity contribution in [2.45, 2.75) is 41.0 Å². The lowest BCUT2D eigenvalue weighted by Gasteiger charge is -2.31. The summed E-state index contributed by atoms with van der Waals surface area (Å²) in [5.41, 5.74) is 0.987. The van der Waals surface area contributed by atoms with E-state index in [-0.39, 0.29) is 4.21 Å². The van der Waals surface area contributed by atoms with Crippen molar-refractivity contribution >= 4 is 60.6 Å². The van der Waals surface area contributed by atoms with Crippen molar-refractivity contribution in [2.24, 2.45) is 4.99 Å². The fourth-order valence-corrected chi connectivity index (χ4v) is 8.07. The lowest BCUT2D eigenvalue weighted by molar-refractivity contribution is -0.122. The van der Waals surface area contributed by atoms with Gasteiger partial charge in [-0.15, -0.1) is 29.7 Å². The summed E-state index contributed by atoms with van der Waals surface area (Å²) in [5, 5.41) is 1.73. The van der Waals surface area contributed by atoms with Crippen LogP contribution in [0.25, 0.3) is 10.2 Å². The van der Waals surface area contributed by atoms with Gasteiger partial charge < -0.3 is 4.57 Å². The second-order valence-corrected chi connectivity index (χ2v) is 12.1. The largest absolute Gasteiger partial charge is 0.313 e. The number of nitrogens with zero attached hydrogens (tertiary/aromatic N) is 3. The number of allylic oxidation sites excluding steroid dienone is 1. The predicted octanol–water partition coefficient (Wildman–Crippen LogP) is 4.34. The Morgan fingerprint density at radius 1 is 1.35 bits per heavy atom. The molecule has 1 aromatic carbocycles. The summed E-state index contributed by atoms with van der Waals surface area (Å²) in [6.45, 7) is 4.68. The number of thioether (sulfide) groups is 1. The van der Waals surface area contributed by atoms with Gasteiger partial charge in [-0.2, -0.15) is 9.30 Å². The first kappa shape index (κ1) is 22.5. The number of fused-ring (bicyclic) bond motifs is 1. The Morgan fingerprint density at radius 2 is 2.19 bits per heavy atom. The number of rotatable bonds is 6. The monoisotopic (exact) mass is 493 g/mol. The van der Waals surface area contributed by atoms with Gasteiger partial charge in [0.25, 0.3) is 15.9 Å².